The van der Waals surface area contributed by atoms with Gasteiger partial charge >= 0.3 is 0 Å². The second-order valence-corrected chi connectivity index (χ2v) is 3.54. The highest BCUT2D eigenvalue weighted by Gasteiger charge is 2.29. The van der Waals surface area contributed by atoms with Gasteiger partial charge in [0.2, 0.25) is 5.91 Å². The Balaban J connectivity index is 2.58. The van der Waals surface area contributed by atoms with E-state index in [-0.39, 0.29) is 11.9 Å². The number of hydrogen-bond acceptors (Lipinski definition) is 2. The SMILES string of the molecule is CCCC1C(=O)N(C)CCN1C. The van der Waals surface area contributed by atoms with Crippen molar-refractivity contribution in [3.8, 4) is 0 Å². The van der Waals surface area contributed by atoms with Crippen LogP contribution in [-0.2, 0) is 4.79 Å². The summed E-state index contributed by atoms with van der Waals surface area (Å²) in [5.74, 6) is 0.283. The largest absolute Gasteiger partial charge is 0.343 e. The molecule has 0 N–H and O–H groups in total. The van der Waals surface area contributed by atoms with Crippen LogP contribution in [0.4, 0.5) is 0 Å². The molecule has 1 saturated heterocycles. The Morgan fingerprint density at radius 2 is 2.08 bits per heavy atom. The molecule has 3 nitrogen and oxygen atoms in total. The molecular formula is C9H18N2O. The molecule has 1 unspecified atom stereocenters. The molecule has 0 bridgehead atoms. The van der Waals surface area contributed by atoms with Crippen LogP contribution in [0.15, 0.2) is 0 Å². The van der Waals surface area contributed by atoms with Crippen molar-refractivity contribution >= 4 is 5.91 Å². The lowest BCUT2D eigenvalue weighted by Crippen LogP contribution is -2.53. The van der Waals surface area contributed by atoms with Crippen molar-refractivity contribution in [2.75, 3.05) is 27.2 Å². The van der Waals surface area contributed by atoms with Gasteiger partial charge in [-0.05, 0) is 13.5 Å². The Hall–Kier alpha value is -0.570. The molecule has 0 aromatic heterocycles. The molecule has 1 atom stereocenters. The first kappa shape index (κ1) is 9.52. The van der Waals surface area contributed by atoms with Crippen molar-refractivity contribution in [2.24, 2.45) is 0 Å². The van der Waals surface area contributed by atoms with Crippen molar-refractivity contribution in [3.05, 3.63) is 0 Å². The van der Waals surface area contributed by atoms with Gasteiger partial charge in [-0.25, -0.2) is 0 Å². The van der Waals surface area contributed by atoms with E-state index in [0.717, 1.165) is 25.9 Å². The first-order valence-electron chi connectivity index (χ1n) is 4.62. The molecule has 0 spiro atoms. The molecular weight excluding hydrogens is 152 g/mol. The zero-order valence-corrected chi connectivity index (χ0v) is 8.21. The Kier molecular flexibility index (Phi) is 3.09. The molecule has 12 heavy (non-hydrogen) atoms. The van der Waals surface area contributed by atoms with E-state index < -0.39 is 0 Å². The van der Waals surface area contributed by atoms with E-state index in [4.69, 9.17) is 0 Å². The second kappa shape index (κ2) is 3.90. The Morgan fingerprint density at radius 1 is 1.42 bits per heavy atom. The minimum absolute atomic E-state index is 0.133. The summed E-state index contributed by atoms with van der Waals surface area (Å²) in [4.78, 5) is 15.6. The lowest BCUT2D eigenvalue weighted by Gasteiger charge is -2.36. The zero-order chi connectivity index (χ0) is 9.14. The van der Waals surface area contributed by atoms with Crippen molar-refractivity contribution < 1.29 is 4.79 Å². The van der Waals surface area contributed by atoms with Gasteiger partial charge in [-0.2, -0.15) is 0 Å². The maximum atomic E-state index is 11.6. The fourth-order valence-corrected chi connectivity index (χ4v) is 1.63. The van der Waals surface area contributed by atoms with E-state index >= 15 is 0 Å². The molecule has 1 rings (SSSR count). The molecule has 1 aliphatic heterocycles. The van der Waals surface area contributed by atoms with Gasteiger partial charge in [0.25, 0.3) is 0 Å². The summed E-state index contributed by atoms with van der Waals surface area (Å²) in [7, 11) is 3.92. The average Bonchev–Trinajstić information content (AvgIpc) is 2.06. The van der Waals surface area contributed by atoms with Crippen LogP contribution in [-0.4, -0.2) is 48.9 Å². The summed E-state index contributed by atoms with van der Waals surface area (Å²) in [6, 6.07) is 0.133. The third-order valence-electron chi connectivity index (χ3n) is 2.54. The van der Waals surface area contributed by atoms with E-state index in [0.29, 0.717) is 0 Å². The molecule has 0 radical (unpaired) electrons. The number of carbonyl (C=O) groups is 1. The normalized spacial score (nSPS) is 26.4. The molecule has 1 amide bonds. The number of amides is 1. The molecule has 1 aliphatic rings. The number of hydrogen-bond donors (Lipinski definition) is 0. The maximum Gasteiger partial charge on any atom is 0.239 e. The third kappa shape index (κ3) is 1.78. The molecule has 0 aliphatic carbocycles. The summed E-state index contributed by atoms with van der Waals surface area (Å²) < 4.78 is 0. The standard InChI is InChI=1S/C9H18N2O/c1-4-5-8-9(12)11(3)7-6-10(8)2/h8H,4-7H2,1-3H3. The summed E-state index contributed by atoms with van der Waals surface area (Å²) in [5, 5.41) is 0. The van der Waals surface area contributed by atoms with Crippen LogP contribution < -0.4 is 0 Å². The van der Waals surface area contributed by atoms with Crippen LogP contribution in [0.25, 0.3) is 0 Å². The van der Waals surface area contributed by atoms with Gasteiger partial charge < -0.3 is 4.90 Å². The molecule has 3 heteroatoms. The van der Waals surface area contributed by atoms with Gasteiger partial charge in [-0.3, -0.25) is 9.69 Å². The first-order chi connectivity index (χ1) is 5.66. The number of likely N-dealkylation sites (N-methyl/N-ethyl adjacent to an activating group) is 2. The van der Waals surface area contributed by atoms with Gasteiger partial charge in [0.1, 0.15) is 0 Å². The number of nitrogens with zero attached hydrogens (tertiary/aromatic N) is 2. The lowest BCUT2D eigenvalue weighted by molar-refractivity contribution is -0.139. The van der Waals surface area contributed by atoms with Gasteiger partial charge in [0.05, 0.1) is 6.04 Å². The fraction of sp³-hybridized carbons (Fsp3) is 0.889. The molecule has 0 aromatic rings. The number of rotatable bonds is 2. The van der Waals surface area contributed by atoms with E-state index in [1.807, 2.05) is 19.0 Å². The fourth-order valence-electron chi connectivity index (χ4n) is 1.63. The highest BCUT2D eigenvalue weighted by molar-refractivity contribution is 5.82. The van der Waals surface area contributed by atoms with Crippen LogP contribution >= 0.6 is 0 Å². The van der Waals surface area contributed by atoms with Gasteiger partial charge in [0, 0.05) is 20.1 Å². The predicted molar refractivity (Wildman–Crippen MR) is 49.0 cm³/mol. The smallest absolute Gasteiger partial charge is 0.239 e. The average molecular weight is 170 g/mol. The van der Waals surface area contributed by atoms with Crippen LogP contribution in [0.3, 0.4) is 0 Å². The van der Waals surface area contributed by atoms with Crippen molar-refractivity contribution in [2.45, 2.75) is 25.8 Å². The summed E-state index contributed by atoms with van der Waals surface area (Å²) >= 11 is 0. The second-order valence-electron chi connectivity index (χ2n) is 3.54. The number of piperazine rings is 1. The van der Waals surface area contributed by atoms with Crippen LogP contribution in [0.5, 0.6) is 0 Å². The Bertz CT molecular complexity index is 170. The summed E-state index contributed by atoms with van der Waals surface area (Å²) in [6.45, 7) is 4.00. The molecule has 70 valence electrons. The lowest BCUT2D eigenvalue weighted by atomic mass is 10.1. The van der Waals surface area contributed by atoms with Gasteiger partial charge in [0.15, 0.2) is 0 Å². The summed E-state index contributed by atoms with van der Waals surface area (Å²) in [5.41, 5.74) is 0. The number of carbonyl (C=O) groups excluding carboxylic acids is 1. The monoisotopic (exact) mass is 170 g/mol. The van der Waals surface area contributed by atoms with E-state index in [1.54, 1.807) is 0 Å². The first-order valence-corrected chi connectivity index (χ1v) is 4.62. The summed E-state index contributed by atoms with van der Waals surface area (Å²) in [6.07, 6.45) is 2.06. The Labute approximate surface area is 74.3 Å². The van der Waals surface area contributed by atoms with Gasteiger partial charge in [-0.1, -0.05) is 13.3 Å². The van der Waals surface area contributed by atoms with E-state index in [9.17, 15) is 4.79 Å². The van der Waals surface area contributed by atoms with Crippen LogP contribution in [0, 0.1) is 0 Å². The highest BCUT2D eigenvalue weighted by atomic mass is 16.2. The van der Waals surface area contributed by atoms with Crippen molar-refractivity contribution in [3.63, 3.8) is 0 Å². The van der Waals surface area contributed by atoms with Crippen molar-refractivity contribution in [1.82, 2.24) is 9.80 Å². The minimum atomic E-state index is 0.133. The molecule has 0 aromatic carbocycles. The Morgan fingerprint density at radius 3 is 2.67 bits per heavy atom. The molecule has 1 heterocycles. The molecule has 0 saturated carbocycles. The highest BCUT2D eigenvalue weighted by Crippen LogP contribution is 2.12. The molecule has 1 fully saturated rings. The quantitative estimate of drug-likeness (QED) is 0.604. The predicted octanol–water partition coefficient (Wildman–Crippen LogP) is 0.559. The van der Waals surface area contributed by atoms with E-state index in [2.05, 4.69) is 11.8 Å². The van der Waals surface area contributed by atoms with Crippen LogP contribution in [0.1, 0.15) is 19.8 Å². The van der Waals surface area contributed by atoms with E-state index in [1.165, 1.54) is 0 Å². The van der Waals surface area contributed by atoms with Crippen molar-refractivity contribution in [1.29, 1.82) is 0 Å². The van der Waals surface area contributed by atoms with Crippen LogP contribution in [0.2, 0.25) is 0 Å². The zero-order valence-electron chi connectivity index (χ0n) is 8.21. The van der Waals surface area contributed by atoms with Gasteiger partial charge in [-0.15, -0.1) is 0 Å². The minimum Gasteiger partial charge on any atom is -0.343 e. The maximum absolute atomic E-state index is 11.6. The topological polar surface area (TPSA) is 23.6 Å². The third-order valence-corrected chi connectivity index (χ3v) is 2.54.